The van der Waals surface area contributed by atoms with Crippen LogP contribution in [0, 0.1) is 0 Å². The predicted molar refractivity (Wildman–Crippen MR) is 82.4 cm³/mol. The fourth-order valence-electron chi connectivity index (χ4n) is 1.91. The molecule has 0 aromatic heterocycles. The van der Waals surface area contributed by atoms with Gasteiger partial charge in [0, 0.05) is 5.56 Å². The van der Waals surface area contributed by atoms with Crippen molar-refractivity contribution in [3.05, 3.63) is 53.3 Å². The Morgan fingerprint density at radius 2 is 1.59 bits per heavy atom. The average Bonchev–Trinajstić information content (AvgIpc) is 2.51. The van der Waals surface area contributed by atoms with Gasteiger partial charge in [-0.15, -0.1) is 0 Å². The van der Waals surface area contributed by atoms with E-state index in [1.807, 2.05) is 0 Å². The molecule has 0 radical (unpaired) electrons. The van der Waals surface area contributed by atoms with Gasteiger partial charge in [-0.2, -0.15) is 0 Å². The predicted octanol–water partition coefficient (Wildman–Crippen LogP) is 3.36. The molecule has 0 aliphatic rings. The Balaban J connectivity index is 2.24. The molecule has 2 aromatic carbocycles. The molecule has 0 amide bonds. The standard InChI is InChI=1S/C17H16O5/c1-11(7-12-3-5-14(19)16(8-12)21-2)22-17-9-13(10-18)4-6-15(17)20/h3-10,19-20H,1-2H3. The molecule has 0 heterocycles. The van der Waals surface area contributed by atoms with Crippen LogP contribution >= 0.6 is 0 Å². The van der Waals surface area contributed by atoms with Gasteiger partial charge in [0.25, 0.3) is 0 Å². The quantitative estimate of drug-likeness (QED) is 0.654. The van der Waals surface area contributed by atoms with E-state index in [0.717, 1.165) is 5.56 Å². The van der Waals surface area contributed by atoms with E-state index in [4.69, 9.17) is 9.47 Å². The summed E-state index contributed by atoms with van der Waals surface area (Å²) in [5.74, 6) is 1.05. The second kappa shape index (κ2) is 6.67. The summed E-state index contributed by atoms with van der Waals surface area (Å²) in [7, 11) is 1.47. The van der Waals surface area contributed by atoms with Crippen molar-refractivity contribution < 1.29 is 24.5 Å². The zero-order chi connectivity index (χ0) is 16.1. The number of rotatable bonds is 5. The molecule has 5 nitrogen and oxygen atoms in total. The number of phenolic OH excluding ortho intramolecular Hbond substituents is 2. The summed E-state index contributed by atoms with van der Waals surface area (Å²) in [6.45, 7) is 1.71. The van der Waals surface area contributed by atoms with Gasteiger partial charge in [-0.25, -0.2) is 0 Å². The third kappa shape index (κ3) is 3.58. The molecular formula is C17H16O5. The maximum atomic E-state index is 10.8. The van der Waals surface area contributed by atoms with E-state index in [0.29, 0.717) is 23.4 Å². The van der Waals surface area contributed by atoms with Crippen LogP contribution in [-0.4, -0.2) is 23.6 Å². The zero-order valence-electron chi connectivity index (χ0n) is 12.2. The Morgan fingerprint density at radius 1 is 1.00 bits per heavy atom. The molecule has 2 N–H and O–H groups in total. The normalized spacial score (nSPS) is 11.1. The van der Waals surface area contributed by atoms with Gasteiger partial charge < -0.3 is 19.7 Å². The second-order valence-electron chi connectivity index (χ2n) is 4.63. The summed E-state index contributed by atoms with van der Waals surface area (Å²) in [5.41, 5.74) is 1.17. The smallest absolute Gasteiger partial charge is 0.169 e. The van der Waals surface area contributed by atoms with Crippen molar-refractivity contribution in [3.63, 3.8) is 0 Å². The number of methoxy groups -OCH3 is 1. The molecule has 0 bridgehead atoms. The van der Waals surface area contributed by atoms with E-state index in [2.05, 4.69) is 0 Å². The van der Waals surface area contributed by atoms with Crippen LogP contribution in [0.1, 0.15) is 22.8 Å². The van der Waals surface area contributed by atoms with E-state index < -0.39 is 0 Å². The lowest BCUT2D eigenvalue weighted by Gasteiger charge is -2.09. The molecule has 0 aliphatic heterocycles. The lowest BCUT2D eigenvalue weighted by atomic mass is 10.2. The summed E-state index contributed by atoms with van der Waals surface area (Å²) >= 11 is 0. The highest BCUT2D eigenvalue weighted by Gasteiger charge is 2.06. The molecule has 0 saturated carbocycles. The van der Waals surface area contributed by atoms with Crippen molar-refractivity contribution in [2.24, 2.45) is 0 Å². The number of hydrogen-bond donors (Lipinski definition) is 2. The van der Waals surface area contributed by atoms with Crippen molar-refractivity contribution in [2.45, 2.75) is 6.92 Å². The minimum absolute atomic E-state index is 0.0505. The largest absolute Gasteiger partial charge is 0.504 e. The van der Waals surface area contributed by atoms with Crippen LogP contribution in [0.5, 0.6) is 23.0 Å². The molecule has 114 valence electrons. The molecule has 2 aromatic rings. The highest BCUT2D eigenvalue weighted by molar-refractivity contribution is 5.76. The molecular weight excluding hydrogens is 284 g/mol. The number of hydrogen-bond acceptors (Lipinski definition) is 5. The van der Waals surface area contributed by atoms with Crippen LogP contribution in [0.3, 0.4) is 0 Å². The van der Waals surface area contributed by atoms with Crippen molar-refractivity contribution in [1.82, 2.24) is 0 Å². The molecule has 0 aliphatic carbocycles. The highest BCUT2D eigenvalue weighted by atomic mass is 16.5. The van der Waals surface area contributed by atoms with Gasteiger partial charge in [-0.1, -0.05) is 6.07 Å². The van der Waals surface area contributed by atoms with E-state index >= 15 is 0 Å². The number of aromatic hydroxyl groups is 2. The van der Waals surface area contributed by atoms with Gasteiger partial charge in [-0.3, -0.25) is 4.79 Å². The van der Waals surface area contributed by atoms with E-state index in [-0.39, 0.29) is 17.2 Å². The monoisotopic (exact) mass is 300 g/mol. The lowest BCUT2D eigenvalue weighted by molar-refractivity contribution is 0.112. The Bertz CT molecular complexity index is 719. The van der Waals surface area contributed by atoms with Crippen LogP contribution in [0.25, 0.3) is 6.08 Å². The topological polar surface area (TPSA) is 76.0 Å². The van der Waals surface area contributed by atoms with Crippen molar-refractivity contribution in [3.8, 4) is 23.0 Å². The average molecular weight is 300 g/mol. The first-order valence-electron chi connectivity index (χ1n) is 6.55. The summed E-state index contributed by atoms with van der Waals surface area (Å²) in [5, 5.41) is 19.3. The van der Waals surface area contributed by atoms with Crippen molar-refractivity contribution in [2.75, 3.05) is 7.11 Å². The summed E-state index contributed by atoms with van der Waals surface area (Å²) in [6.07, 6.45) is 2.39. The van der Waals surface area contributed by atoms with E-state index in [1.54, 1.807) is 25.1 Å². The Kier molecular flexibility index (Phi) is 4.68. The zero-order valence-corrected chi connectivity index (χ0v) is 12.2. The van der Waals surface area contributed by atoms with Crippen molar-refractivity contribution >= 4 is 12.4 Å². The van der Waals surface area contributed by atoms with Crippen LogP contribution in [0.2, 0.25) is 0 Å². The molecule has 0 spiro atoms. The fraction of sp³-hybridized carbons (Fsp3) is 0.118. The van der Waals surface area contributed by atoms with Crippen LogP contribution in [-0.2, 0) is 0 Å². The first-order chi connectivity index (χ1) is 10.5. The molecule has 2 rings (SSSR count). The number of carbonyl (C=O) groups excluding carboxylic acids is 1. The minimum atomic E-state index is -0.0540. The van der Waals surface area contributed by atoms with Gasteiger partial charge in [0.2, 0.25) is 0 Å². The van der Waals surface area contributed by atoms with Gasteiger partial charge in [0.05, 0.1) is 7.11 Å². The molecule has 5 heteroatoms. The molecule has 0 unspecified atom stereocenters. The molecule has 22 heavy (non-hydrogen) atoms. The number of benzene rings is 2. The lowest BCUT2D eigenvalue weighted by Crippen LogP contribution is -1.93. The van der Waals surface area contributed by atoms with Crippen LogP contribution in [0.4, 0.5) is 0 Å². The Labute approximate surface area is 128 Å². The summed E-state index contributed by atoms with van der Waals surface area (Å²) in [6, 6.07) is 9.23. The van der Waals surface area contributed by atoms with Crippen LogP contribution < -0.4 is 9.47 Å². The van der Waals surface area contributed by atoms with Gasteiger partial charge >= 0.3 is 0 Å². The number of aldehydes is 1. The number of ether oxygens (including phenoxy) is 2. The highest BCUT2D eigenvalue weighted by Crippen LogP contribution is 2.30. The number of phenols is 2. The van der Waals surface area contributed by atoms with Crippen LogP contribution in [0.15, 0.2) is 42.2 Å². The third-order valence-corrected chi connectivity index (χ3v) is 2.96. The molecule has 0 saturated heterocycles. The maximum absolute atomic E-state index is 10.8. The summed E-state index contributed by atoms with van der Waals surface area (Å²) < 4.78 is 10.6. The Hall–Kier alpha value is -2.95. The third-order valence-electron chi connectivity index (χ3n) is 2.96. The van der Waals surface area contributed by atoms with Crippen molar-refractivity contribution in [1.29, 1.82) is 0 Å². The van der Waals surface area contributed by atoms with Gasteiger partial charge in [-0.05, 0) is 48.9 Å². The number of carbonyl (C=O) groups is 1. The van der Waals surface area contributed by atoms with E-state index in [1.165, 1.54) is 31.4 Å². The SMILES string of the molecule is COc1cc(C=C(C)Oc2cc(C=O)ccc2O)ccc1O. The molecule has 0 atom stereocenters. The van der Waals surface area contributed by atoms with Gasteiger partial charge in [0.1, 0.15) is 12.0 Å². The number of allylic oxidation sites excluding steroid dienone is 1. The maximum Gasteiger partial charge on any atom is 0.169 e. The first-order valence-corrected chi connectivity index (χ1v) is 6.55. The van der Waals surface area contributed by atoms with Gasteiger partial charge in [0.15, 0.2) is 23.0 Å². The Morgan fingerprint density at radius 3 is 2.23 bits per heavy atom. The minimum Gasteiger partial charge on any atom is -0.504 e. The second-order valence-corrected chi connectivity index (χ2v) is 4.63. The summed E-state index contributed by atoms with van der Waals surface area (Å²) in [4.78, 5) is 10.8. The van der Waals surface area contributed by atoms with E-state index in [9.17, 15) is 15.0 Å². The molecule has 0 fully saturated rings. The first kappa shape index (κ1) is 15.4. The fourth-order valence-corrected chi connectivity index (χ4v) is 1.91.